The van der Waals surface area contributed by atoms with E-state index in [-0.39, 0.29) is 6.04 Å². The van der Waals surface area contributed by atoms with Gasteiger partial charge in [-0.3, -0.25) is 0 Å². The first-order valence-corrected chi connectivity index (χ1v) is 6.60. The van der Waals surface area contributed by atoms with Crippen molar-refractivity contribution in [1.82, 2.24) is 4.90 Å². The maximum Gasteiger partial charge on any atom is 0.122 e. The highest BCUT2D eigenvalue weighted by Gasteiger charge is 2.07. The van der Waals surface area contributed by atoms with E-state index in [1.807, 2.05) is 33.2 Å². The Bertz CT molecular complexity index is 353. The minimum absolute atomic E-state index is 0.139. The van der Waals surface area contributed by atoms with Gasteiger partial charge in [-0.25, -0.2) is 0 Å². The summed E-state index contributed by atoms with van der Waals surface area (Å²) in [5, 5.41) is 0. The number of hydrogen-bond acceptors (Lipinski definition) is 3. The number of nitrogens with zero attached hydrogens (tertiary/aromatic N) is 1. The molecule has 1 atom stereocenters. The van der Waals surface area contributed by atoms with Crippen LogP contribution >= 0.6 is 15.9 Å². The zero-order valence-electron chi connectivity index (χ0n) is 10.7. The average molecular weight is 301 g/mol. The molecule has 1 unspecified atom stereocenters. The summed E-state index contributed by atoms with van der Waals surface area (Å²) in [4.78, 5) is 2.10. The van der Waals surface area contributed by atoms with Gasteiger partial charge in [0.25, 0.3) is 0 Å². The van der Waals surface area contributed by atoms with Crippen molar-refractivity contribution in [2.75, 3.05) is 27.2 Å². The molecule has 0 saturated heterocycles. The molecule has 1 aromatic carbocycles. The zero-order valence-corrected chi connectivity index (χ0v) is 12.3. The van der Waals surface area contributed by atoms with E-state index in [4.69, 9.17) is 10.5 Å². The van der Waals surface area contributed by atoms with E-state index in [2.05, 4.69) is 26.9 Å². The molecule has 0 fully saturated rings. The van der Waals surface area contributed by atoms with Gasteiger partial charge in [0.2, 0.25) is 0 Å². The molecule has 0 radical (unpaired) electrons. The van der Waals surface area contributed by atoms with Crippen LogP contribution in [0, 0.1) is 0 Å². The van der Waals surface area contributed by atoms with Crippen molar-refractivity contribution in [2.45, 2.75) is 19.4 Å². The van der Waals surface area contributed by atoms with Crippen molar-refractivity contribution in [2.24, 2.45) is 5.73 Å². The summed E-state index contributed by atoms with van der Waals surface area (Å²) >= 11 is 3.47. The van der Waals surface area contributed by atoms with Crippen LogP contribution in [0.15, 0.2) is 22.7 Å². The van der Waals surface area contributed by atoms with Gasteiger partial charge in [-0.1, -0.05) is 15.9 Å². The summed E-state index contributed by atoms with van der Waals surface area (Å²) in [5.41, 5.74) is 7.00. The first kappa shape index (κ1) is 14.5. The lowest BCUT2D eigenvalue weighted by atomic mass is 10.1. The fourth-order valence-electron chi connectivity index (χ4n) is 1.53. The van der Waals surface area contributed by atoms with E-state index >= 15 is 0 Å². The summed E-state index contributed by atoms with van der Waals surface area (Å²) in [5.74, 6) is 0.937. The SMILES string of the molecule is CC(N)Cc1cc(Br)ccc1OCCN(C)C. The molecule has 0 spiro atoms. The number of halogens is 1. The van der Waals surface area contributed by atoms with Crippen molar-refractivity contribution in [3.05, 3.63) is 28.2 Å². The summed E-state index contributed by atoms with van der Waals surface area (Å²) < 4.78 is 6.85. The molecule has 0 amide bonds. The predicted molar refractivity (Wildman–Crippen MR) is 75.5 cm³/mol. The number of hydrogen-bond donors (Lipinski definition) is 1. The van der Waals surface area contributed by atoms with Crippen LogP contribution < -0.4 is 10.5 Å². The van der Waals surface area contributed by atoms with Gasteiger partial charge in [-0.05, 0) is 51.2 Å². The van der Waals surface area contributed by atoms with Crippen molar-refractivity contribution >= 4 is 15.9 Å². The van der Waals surface area contributed by atoms with Gasteiger partial charge in [-0.2, -0.15) is 0 Å². The summed E-state index contributed by atoms with van der Waals surface area (Å²) in [6, 6.07) is 6.21. The molecule has 0 bridgehead atoms. The molecule has 0 heterocycles. The van der Waals surface area contributed by atoms with Crippen LogP contribution in [0.2, 0.25) is 0 Å². The monoisotopic (exact) mass is 300 g/mol. The Labute approximate surface area is 112 Å². The standard InChI is InChI=1S/C13H21BrN2O/c1-10(15)8-11-9-12(14)4-5-13(11)17-7-6-16(2)3/h4-5,9-10H,6-8,15H2,1-3H3. The van der Waals surface area contributed by atoms with Crippen LogP contribution in [0.5, 0.6) is 5.75 Å². The third kappa shape index (κ3) is 5.52. The van der Waals surface area contributed by atoms with E-state index in [9.17, 15) is 0 Å². The minimum atomic E-state index is 0.139. The van der Waals surface area contributed by atoms with Crippen molar-refractivity contribution in [3.8, 4) is 5.75 Å². The molecule has 4 heteroatoms. The van der Waals surface area contributed by atoms with Crippen LogP contribution in [0.3, 0.4) is 0 Å². The van der Waals surface area contributed by atoms with Crippen molar-refractivity contribution in [3.63, 3.8) is 0 Å². The molecular weight excluding hydrogens is 280 g/mol. The lowest BCUT2D eigenvalue weighted by Crippen LogP contribution is -2.21. The second-order valence-corrected chi connectivity index (χ2v) is 5.50. The third-order valence-corrected chi connectivity index (χ3v) is 2.85. The second-order valence-electron chi connectivity index (χ2n) is 4.59. The maximum absolute atomic E-state index is 5.84. The molecule has 0 aliphatic rings. The first-order valence-electron chi connectivity index (χ1n) is 5.80. The maximum atomic E-state index is 5.84. The Kier molecular flexibility index (Phi) is 5.95. The molecule has 96 valence electrons. The highest BCUT2D eigenvalue weighted by atomic mass is 79.9. The van der Waals surface area contributed by atoms with Crippen LogP contribution in [-0.2, 0) is 6.42 Å². The van der Waals surface area contributed by atoms with Crippen molar-refractivity contribution < 1.29 is 4.74 Å². The van der Waals surface area contributed by atoms with Crippen LogP contribution in [0.25, 0.3) is 0 Å². The molecule has 0 aromatic heterocycles. The van der Waals surface area contributed by atoms with Gasteiger partial charge in [-0.15, -0.1) is 0 Å². The summed E-state index contributed by atoms with van der Waals surface area (Å²) in [6.45, 7) is 3.61. The molecule has 1 aromatic rings. The van der Waals surface area contributed by atoms with Crippen molar-refractivity contribution in [1.29, 1.82) is 0 Å². The minimum Gasteiger partial charge on any atom is -0.492 e. The first-order chi connectivity index (χ1) is 7.99. The van der Waals surface area contributed by atoms with Gasteiger partial charge in [0.05, 0.1) is 0 Å². The number of ether oxygens (including phenoxy) is 1. The Morgan fingerprint density at radius 3 is 2.71 bits per heavy atom. The summed E-state index contributed by atoms with van der Waals surface area (Å²) in [7, 11) is 4.07. The van der Waals surface area contributed by atoms with E-state index in [0.29, 0.717) is 6.61 Å². The summed E-state index contributed by atoms with van der Waals surface area (Å²) in [6.07, 6.45) is 0.830. The van der Waals surface area contributed by atoms with Crippen LogP contribution in [0.1, 0.15) is 12.5 Å². The highest BCUT2D eigenvalue weighted by molar-refractivity contribution is 9.10. The molecule has 2 N–H and O–H groups in total. The number of likely N-dealkylation sites (N-methyl/N-ethyl adjacent to an activating group) is 1. The van der Waals surface area contributed by atoms with Crippen LogP contribution in [-0.4, -0.2) is 38.2 Å². The van der Waals surface area contributed by atoms with Gasteiger partial charge < -0.3 is 15.4 Å². The van der Waals surface area contributed by atoms with Crippen LogP contribution in [0.4, 0.5) is 0 Å². The van der Waals surface area contributed by atoms with Gasteiger partial charge in [0, 0.05) is 17.1 Å². The molecule has 0 aliphatic carbocycles. The Balaban J connectivity index is 2.68. The molecule has 3 nitrogen and oxygen atoms in total. The Morgan fingerprint density at radius 2 is 2.12 bits per heavy atom. The number of rotatable bonds is 6. The predicted octanol–water partition coefficient (Wildman–Crippen LogP) is 2.28. The van der Waals surface area contributed by atoms with E-state index in [0.717, 1.165) is 28.8 Å². The molecule has 0 saturated carbocycles. The van der Waals surface area contributed by atoms with Gasteiger partial charge >= 0.3 is 0 Å². The van der Waals surface area contributed by atoms with Gasteiger partial charge in [0.1, 0.15) is 12.4 Å². The second kappa shape index (κ2) is 6.99. The topological polar surface area (TPSA) is 38.5 Å². The number of benzene rings is 1. The molecule has 1 rings (SSSR count). The highest BCUT2D eigenvalue weighted by Crippen LogP contribution is 2.24. The Hall–Kier alpha value is -0.580. The fraction of sp³-hybridized carbons (Fsp3) is 0.538. The quantitative estimate of drug-likeness (QED) is 0.876. The van der Waals surface area contributed by atoms with Gasteiger partial charge in [0.15, 0.2) is 0 Å². The Morgan fingerprint density at radius 1 is 1.41 bits per heavy atom. The molecule has 0 aliphatic heterocycles. The molecular formula is C13H21BrN2O. The smallest absolute Gasteiger partial charge is 0.122 e. The van der Waals surface area contributed by atoms with E-state index in [1.54, 1.807) is 0 Å². The average Bonchev–Trinajstić information content (AvgIpc) is 2.20. The molecule has 17 heavy (non-hydrogen) atoms. The zero-order chi connectivity index (χ0) is 12.8. The normalized spacial score (nSPS) is 12.8. The van der Waals surface area contributed by atoms with E-state index in [1.165, 1.54) is 0 Å². The third-order valence-electron chi connectivity index (χ3n) is 2.36. The lowest BCUT2D eigenvalue weighted by Gasteiger charge is -2.15. The number of nitrogens with two attached hydrogens (primary N) is 1. The largest absolute Gasteiger partial charge is 0.492 e. The lowest BCUT2D eigenvalue weighted by molar-refractivity contribution is 0.259. The fourth-order valence-corrected chi connectivity index (χ4v) is 1.94. The van der Waals surface area contributed by atoms with E-state index < -0.39 is 0 Å².